The fourth-order valence-corrected chi connectivity index (χ4v) is 2.19. The predicted octanol–water partition coefficient (Wildman–Crippen LogP) is 2.28. The van der Waals surface area contributed by atoms with Crippen molar-refractivity contribution in [1.29, 1.82) is 0 Å². The van der Waals surface area contributed by atoms with E-state index < -0.39 is 0 Å². The minimum absolute atomic E-state index is 0.568. The molecular weight excluding hydrogens is 208 g/mol. The molecule has 0 fully saturated rings. The Morgan fingerprint density at radius 1 is 1.40 bits per heavy atom. The van der Waals surface area contributed by atoms with Crippen LogP contribution in [0.15, 0.2) is 29.8 Å². The van der Waals surface area contributed by atoms with E-state index in [4.69, 9.17) is 10.5 Å². The van der Waals surface area contributed by atoms with Crippen molar-refractivity contribution in [3.8, 4) is 17.0 Å². The molecule has 15 heavy (non-hydrogen) atoms. The third-order valence-electron chi connectivity index (χ3n) is 2.19. The minimum Gasteiger partial charge on any atom is -0.481 e. The number of ether oxygens (including phenoxy) is 1. The highest BCUT2D eigenvalue weighted by Crippen LogP contribution is 2.28. The SMILES string of the molecule is COc1ccc(-c2ccsc2CN)cn1. The van der Waals surface area contributed by atoms with Gasteiger partial charge in [0.05, 0.1) is 7.11 Å². The van der Waals surface area contributed by atoms with Crippen molar-refractivity contribution in [2.24, 2.45) is 5.73 Å². The molecule has 0 amide bonds. The average Bonchev–Trinajstić information content (AvgIpc) is 2.77. The average molecular weight is 220 g/mol. The summed E-state index contributed by atoms with van der Waals surface area (Å²) < 4.78 is 5.01. The van der Waals surface area contributed by atoms with Crippen molar-refractivity contribution < 1.29 is 4.74 Å². The number of hydrogen-bond acceptors (Lipinski definition) is 4. The second-order valence-corrected chi connectivity index (χ2v) is 4.05. The van der Waals surface area contributed by atoms with E-state index in [1.54, 1.807) is 24.6 Å². The summed E-state index contributed by atoms with van der Waals surface area (Å²) in [6.45, 7) is 0.568. The van der Waals surface area contributed by atoms with E-state index in [9.17, 15) is 0 Å². The molecule has 0 aliphatic rings. The Kier molecular flexibility index (Phi) is 2.99. The van der Waals surface area contributed by atoms with Gasteiger partial charge in [0.1, 0.15) is 0 Å². The lowest BCUT2D eigenvalue weighted by Gasteiger charge is -2.02. The monoisotopic (exact) mass is 220 g/mol. The van der Waals surface area contributed by atoms with E-state index in [0.29, 0.717) is 12.4 Å². The van der Waals surface area contributed by atoms with Gasteiger partial charge in [-0.05, 0) is 23.1 Å². The van der Waals surface area contributed by atoms with Crippen LogP contribution in [0.25, 0.3) is 11.1 Å². The zero-order chi connectivity index (χ0) is 10.7. The topological polar surface area (TPSA) is 48.1 Å². The Balaban J connectivity index is 2.37. The number of aromatic nitrogens is 1. The van der Waals surface area contributed by atoms with Crippen LogP contribution in [-0.2, 0) is 6.54 Å². The fourth-order valence-electron chi connectivity index (χ4n) is 1.42. The molecule has 2 N–H and O–H groups in total. The Morgan fingerprint density at radius 3 is 2.87 bits per heavy atom. The van der Waals surface area contributed by atoms with E-state index in [-0.39, 0.29) is 0 Å². The largest absolute Gasteiger partial charge is 0.481 e. The molecule has 0 unspecified atom stereocenters. The van der Waals surface area contributed by atoms with Gasteiger partial charge in [-0.2, -0.15) is 0 Å². The summed E-state index contributed by atoms with van der Waals surface area (Å²) in [5.41, 5.74) is 7.90. The van der Waals surface area contributed by atoms with Crippen LogP contribution in [0.2, 0.25) is 0 Å². The number of rotatable bonds is 3. The standard InChI is InChI=1S/C11H12N2OS/c1-14-11-3-2-8(7-13-11)9-4-5-15-10(9)6-12/h2-5,7H,6,12H2,1H3. The van der Waals surface area contributed by atoms with E-state index in [0.717, 1.165) is 11.1 Å². The lowest BCUT2D eigenvalue weighted by Crippen LogP contribution is -1.95. The molecule has 0 atom stereocenters. The zero-order valence-electron chi connectivity index (χ0n) is 8.43. The molecule has 2 rings (SSSR count). The molecule has 2 aromatic heterocycles. The zero-order valence-corrected chi connectivity index (χ0v) is 9.25. The van der Waals surface area contributed by atoms with Crippen LogP contribution in [0, 0.1) is 0 Å². The highest BCUT2D eigenvalue weighted by Gasteiger charge is 2.05. The molecular formula is C11H12N2OS. The van der Waals surface area contributed by atoms with E-state index in [1.807, 2.05) is 17.5 Å². The van der Waals surface area contributed by atoms with Crippen molar-refractivity contribution in [2.75, 3.05) is 7.11 Å². The summed E-state index contributed by atoms with van der Waals surface area (Å²) in [6.07, 6.45) is 1.81. The van der Waals surface area contributed by atoms with Gasteiger partial charge in [0, 0.05) is 29.2 Å². The summed E-state index contributed by atoms with van der Waals surface area (Å²) in [4.78, 5) is 5.35. The van der Waals surface area contributed by atoms with Crippen LogP contribution in [0.1, 0.15) is 4.88 Å². The Morgan fingerprint density at radius 2 is 2.27 bits per heavy atom. The molecule has 78 valence electrons. The summed E-state index contributed by atoms with van der Waals surface area (Å²) in [6, 6.07) is 5.91. The molecule has 4 heteroatoms. The third-order valence-corrected chi connectivity index (χ3v) is 3.13. The molecule has 0 aliphatic carbocycles. The van der Waals surface area contributed by atoms with Gasteiger partial charge in [-0.1, -0.05) is 0 Å². The first-order valence-corrected chi connectivity index (χ1v) is 5.50. The van der Waals surface area contributed by atoms with Gasteiger partial charge in [0.25, 0.3) is 0 Å². The second-order valence-electron chi connectivity index (χ2n) is 3.05. The first kappa shape index (κ1) is 10.1. The Bertz CT molecular complexity index is 436. The maximum atomic E-state index is 5.65. The third kappa shape index (κ3) is 2.00. The molecule has 0 spiro atoms. The van der Waals surface area contributed by atoms with Gasteiger partial charge in [-0.3, -0.25) is 0 Å². The minimum atomic E-state index is 0.568. The maximum absolute atomic E-state index is 5.65. The van der Waals surface area contributed by atoms with Crippen LogP contribution in [0.5, 0.6) is 5.88 Å². The number of hydrogen-bond donors (Lipinski definition) is 1. The number of nitrogens with zero attached hydrogens (tertiary/aromatic N) is 1. The number of methoxy groups -OCH3 is 1. The first-order valence-electron chi connectivity index (χ1n) is 4.62. The maximum Gasteiger partial charge on any atom is 0.212 e. The molecule has 0 saturated carbocycles. The van der Waals surface area contributed by atoms with E-state index in [2.05, 4.69) is 11.1 Å². The molecule has 0 aliphatic heterocycles. The smallest absolute Gasteiger partial charge is 0.212 e. The molecule has 0 bridgehead atoms. The summed E-state index contributed by atoms with van der Waals surface area (Å²) in [5, 5.41) is 2.04. The predicted molar refractivity (Wildman–Crippen MR) is 62.0 cm³/mol. The van der Waals surface area contributed by atoms with Gasteiger partial charge in [-0.25, -0.2) is 4.98 Å². The lowest BCUT2D eigenvalue weighted by molar-refractivity contribution is 0.398. The molecule has 0 saturated heterocycles. The van der Waals surface area contributed by atoms with Crippen LogP contribution in [0.3, 0.4) is 0 Å². The van der Waals surface area contributed by atoms with Crippen LogP contribution >= 0.6 is 11.3 Å². The summed E-state index contributed by atoms with van der Waals surface area (Å²) >= 11 is 1.67. The summed E-state index contributed by atoms with van der Waals surface area (Å²) in [7, 11) is 1.61. The van der Waals surface area contributed by atoms with E-state index >= 15 is 0 Å². The van der Waals surface area contributed by atoms with Gasteiger partial charge in [0.15, 0.2) is 0 Å². The highest BCUT2D eigenvalue weighted by molar-refractivity contribution is 7.10. The highest BCUT2D eigenvalue weighted by atomic mass is 32.1. The van der Waals surface area contributed by atoms with Gasteiger partial charge in [-0.15, -0.1) is 11.3 Å². The molecule has 0 aromatic carbocycles. The van der Waals surface area contributed by atoms with Crippen molar-refractivity contribution >= 4 is 11.3 Å². The molecule has 2 heterocycles. The lowest BCUT2D eigenvalue weighted by atomic mass is 10.1. The van der Waals surface area contributed by atoms with E-state index in [1.165, 1.54) is 4.88 Å². The number of thiophene rings is 1. The van der Waals surface area contributed by atoms with Crippen LogP contribution in [-0.4, -0.2) is 12.1 Å². The quantitative estimate of drug-likeness (QED) is 0.863. The van der Waals surface area contributed by atoms with Gasteiger partial charge < -0.3 is 10.5 Å². The van der Waals surface area contributed by atoms with Crippen molar-refractivity contribution in [3.05, 3.63) is 34.7 Å². The molecule has 2 aromatic rings. The number of nitrogens with two attached hydrogens (primary N) is 1. The fraction of sp³-hybridized carbons (Fsp3) is 0.182. The summed E-state index contributed by atoms with van der Waals surface area (Å²) in [5.74, 6) is 0.628. The van der Waals surface area contributed by atoms with Crippen molar-refractivity contribution in [2.45, 2.75) is 6.54 Å². The van der Waals surface area contributed by atoms with Crippen molar-refractivity contribution in [3.63, 3.8) is 0 Å². The van der Waals surface area contributed by atoms with Crippen molar-refractivity contribution in [1.82, 2.24) is 4.98 Å². The first-order chi connectivity index (χ1) is 7.35. The Hall–Kier alpha value is -1.39. The van der Waals surface area contributed by atoms with Gasteiger partial charge >= 0.3 is 0 Å². The van der Waals surface area contributed by atoms with Crippen LogP contribution in [0.4, 0.5) is 0 Å². The normalized spacial score (nSPS) is 10.3. The second kappa shape index (κ2) is 4.42. The molecule has 0 radical (unpaired) electrons. The molecule has 3 nitrogen and oxygen atoms in total. The van der Waals surface area contributed by atoms with Crippen LogP contribution < -0.4 is 10.5 Å². The van der Waals surface area contributed by atoms with Gasteiger partial charge in [0.2, 0.25) is 5.88 Å². The Labute approximate surface area is 92.5 Å². The number of pyridine rings is 1.